The Morgan fingerprint density at radius 2 is 1.75 bits per heavy atom. The lowest BCUT2D eigenvalue weighted by Crippen LogP contribution is -2.54. The molecule has 294 valence electrons. The van der Waals surface area contributed by atoms with Crippen LogP contribution in [0.25, 0.3) is 0 Å². The fourth-order valence-electron chi connectivity index (χ4n) is 7.21. The molecule has 7 atom stereocenters. The van der Waals surface area contributed by atoms with Crippen LogP contribution in [0.1, 0.15) is 72.3 Å². The van der Waals surface area contributed by atoms with Crippen LogP contribution >= 0.6 is 12.2 Å². The fourth-order valence-corrected chi connectivity index (χ4v) is 7.56. The van der Waals surface area contributed by atoms with Crippen molar-refractivity contribution in [3.8, 4) is 5.75 Å². The third-order valence-corrected chi connectivity index (χ3v) is 10.2. The van der Waals surface area contributed by atoms with Crippen LogP contribution in [0.15, 0.2) is 28.7 Å². The van der Waals surface area contributed by atoms with Crippen molar-refractivity contribution in [2.45, 2.75) is 103 Å². The third-order valence-electron chi connectivity index (χ3n) is 9.90. The molecule has 2 rings (SSSR count). The van der Waals surface area contributed by atoms with E-state index in [1.54, 1.807) is 63.1 Å². The SMILES string of the molecule is CCCC(C(CC(=O)N1CCCC1C(OC)C(C)C(=O)NC(C)/C(=N/SO)c1cccc(OC)c1)OC)N(C)C(=O)CNC(=O)C(C(C)C)N(C)C. The zero-order valence-electron chi connectivity index (χ0n) is 32.9. The molecule has 7 unspecified atom stereocenters. The molecule has 52 heavy (non-hydrogen) atoms. The summed E-state index contributed by atoms with van der Waals surface area (Å²) in [6.07, 6.45) is 1.61. The molecule has 14 nitrogen and oxygen atoms in total. The molecule has 1 aliphatic heterocycles. The molecule has 0 saturated carbocycles. The predicted molar refractivity (Wildman–Crippen MR) is 204 cm³/mol. The van der Waals surface area contributed by atoms with Gasteiger partial charge in [0.1, 0.15) is 18.0 Å². The van der Waals surface area contributed by atoms with Crippen molar-refractivity contribution >= 4 is 41.6 Å². The van der Waals surface area contributed by atoms with Gasteiger partial charge in [-0.1, -0.05) is 46.2 Å². The van der Waals surface area contributed by atoms with Crippen molar-refractivity contribution in [1.29, 1.82) is 0 Å². The largest absolute Gasteiger partial charge is 0.497 e. The summed E-state index contributed by atoms with van der Waals surface area (Å²) < 4.78 is 30.8. The molecule has 1 saturated heterocycles. The number of nitrogens with one attached hydrogen (secondary N) is 2. The average molecular weight is 751 g/mol. The highest BCUT2D eigenvalue weighted by Crippen LogP contribution is 2.29. The van der Waals surface area contributed by atoms with Gasteiger partial charge >= 0.3 is 0 Å². The van der Waals surface area contributed by atoms with E-state index >= 15 is 0 Å². The highest BCUT2D eigenvalue weighted by molar-refractivity contribution is 7.92. The summed E-state index contributed by atoms with van der Waals surface area (Å²) in [6, 6.07) is 5.52. The number of methoxy groups -OCH3 is 3. The van der Waals surface area contributed by atoms with Crippen LogP contribution in [0.2, 0.25) is 0 Å². The second-order valence-corrected chi connectivity index (χ2v) is 14.4. The van der Waals surface area contributed by atoms with Crippen molar-refractivity contribution in [2.75, 3.05) is 55.6 Å². The van der Waals surface area contributed by atoms with E-state index in [4.69, 9.17) is 14.2 Å². The molecule has 1 heterocycles. The molecule has 1 aliphatic rings. The first-order valence-corrected chi connectivity index (χ1v) is 18.8. The number of rotatable bonds is 21. The number of likely N-dealkylation sites (N-methyl/N-ethyl adjacent to an activating group) is 2. The van der Waals surface area contributed by atoms with Crippen LogP contribution in [0.4, 0.5) is 0 Å². The number of nitrogens with zero attached hydrogens (tertiary/aromatic N) is 4. The molecule has 3 N–H and O–H groups in total. The summed E-state index contributed by atoms with van der Waals surface area (Å²) in [4.78, 5) is 59.0. The Balaban J connectivity index is 2.16. The van der Waals surface area contributed by atoms with Crippen molar-refractivity contribution in [1.82, 2.24) is 25.3 Å². The topological polar surface area (TPSA) is 162 Å². The summed E-state index contributed by atoms with van der Waals surface area (Å²) in [5.74, 6) is -0.871. The first-order chi connectivity index (χ1) is 24.7. The number of benzene rings is 1. The van der Waals surface area contributed by atoms with Gasteiger partial charge in [-0.3, -0.25) is 24.1 Å². The Bertz CT molecular complexity index is 1340. The van der Waals surface area contributed by atoms with Gasteiger partial charge in [0.15, 0.2) is 0 Å². The number of hydrogen-bond acceptors (Lipinski definition) is 11. The lowest BCUT2D eigenvalue weighted by Gasteiger charge is -2.37. The first kappa shape index (κ1) is 44.9. The van der Waals surface area contributed by atoms with E-state index in [1.165, 1.54) is 7.11 Å². The van der Waals surface area contributed by atoms with Crippen molar-refractivity contribution in [3.05, 3.63) is 29.8 Å². The molecule has 1 aromatic carbocycles. The monoisotopic (exact) mass is 750 g/mol. The quantitative estimate of drug-likeness (QED) is 0.0964. The molecule has 1 aromatic rings. The average Bonchev–Trinajstić information content (AvgIpc) is 3.60. The van der Waals surface area contributed by atoms with E-state index in [9.17, 15) is 23.7 Å². The number of carbonyl (C=O) groups excluding carboxylic acids is 4. The van der Waals surface area contributed by atoms with Crippen molar-refractivity contribution < 1.29 is 37.9 Å². The van der Waals surface area contributed by atoms with E-state index in [0.29, 0.717) is 48.6 Å². The standard InChI is InChI=1S/C37H62N6O8S/c1-12-15-28(42(8)32(45)22-38-37(47)34(23(2)3)41(6)7)30(50-10)21-31(44)43-19-14-18-29(43)35(51-11)24(4)36(46)39-25(5)33(40-52-48)26-16-13-17-27(20-26)49-9/h13,16-17,20,23-25,28-30,34-35,48H,12,14-15,18-19,21-22H2,1-11H3,(H,38,47)(H,39,46)/b40-33-. The zero-order valence-corrected chi connectivity index (χ0v) is 33.7. The summed E-state index contributed by atoms with van der Waals surface area (Å²) in [6.45, 7) is 9.83. The third kappa shape index (κ3) is 12.2. The second-order valence-electron chi connectivity index (χ2n) is 14.0. The number of amides is 4. The van der Waals surface area contributed by atoms with E-state index in [-0.39, 0.29) is 54.6 Å². The highest BCUT2D eigenvalue weighted by Gasteiger charge is 2.41. The maximum atomic E-state index is 14.0. The summed E-state index contributed by atoms with van der Waals surface area (Å²) in [7, 11) is 9.99. The molecule has 0 spiro atoms. The maximum Gasteiger partial charge on any atom is 0.242 e. The summed E-state index contributed by atoms with van der Waals surface area (Å²) in [5, 5.41) is 5.79. The van der Waals surface area contributed by atoms with E-state index < -0.39 is 30.2 Å². The van der Waals surface area contributed by atoms with Crippen LogP contribution in [0.5, 0.6) is 5.75 Å². The van der Waals surface area contributed by atoms with Gasteiger partial charge in [0, 0.05) is 33.4 Å². The van der Waals surface area contributed by atoms with Gasteiger partial charge in [-0.05, 0) is 58.3 Å². The van der Waals surface area contributed by atoms with Crippen LogP contribution in [-0.2, 0) is 28.7 Å². The van der Waals surface area contributed by atoms with Crippen LogP contribution < -0.4 is 15.4 Å². The van der Waals surface area contributed by atoms with Crippen molar-refractivity contribution in [3.63, 3.8) is 0 Å². The summed E-state index contributed by atoms with van der Waals surface area (Å²) >= 11 is 0.314. The lowest BCUT2D eigenvalue weighted by molar-refractivity contribution is -0.145. The smallest absolute Gasteiger partial charge is 0.242 e. The number of hydrogen-bond donors (Lipinski definition) is 3. The normalized spacial score (nSPS) is 18.4. The minimum absolute atomic E-state index is 0.0327. The molecule has 4 amide bonds. The number of carbonyl (C=O) groups is 4. The van der Waals surface area contributed by atoms with Crippen LogP contribution in [0, 0.1) is 11.8 Å². The fraction of sp³-hybridized carbons (Fsp3) is 0.703. The van der Waals surface area contributed by atoms with Gasteiger partial charge in [-0.25, -0.2) is 0 Å². The first-order valence-electron chi connectivity index (χ1n) is 18.0. The predicted octanol–water partition coefficient (Wildman–Crippen LogP) is 3.49. The lowest BCUT2D eigenvalue weighted by atomic mass is 9.93. The van der Waals surface area contributed by atoms with E-state index in [2.05, 4.69) is 15.0 Å². The van der Waals surface area contributed by atoms with Gasteiger partial charge in [0.2, 0.25) is 23.6 Å². The minimum atomic E-state index is -0.632. The van der Waals surface area contributed by atoms with Crippen LogP contribution in [0.3, 0.4) is 0 Å². The van der Waals surface area contributed by atoms with E-state index in [0.717, 1.165) is 12.8 Å². The number of ether oxygens (including phenoxy) is 3. The Morgan fingerprint density at radius 1 is 1.06 bits per heavy atom. The Morgan fingerprint density at radius 3 is 2.31 bits per heavy atom. The van der Waals surface area contributed by atoms with Gasteiger partial charge in [0.25, 0.3) is 0 Å². The summed E-state index contributed by atoms with van der Waals surface area (Å²) in [5.41, 5.74) is 1.15. The Labute approximate surface area is 314 Å². The van der Waals surface area contributed by atoms with Gasteiger partial charge < -0.3 is 39.2 Å². The molecule has 0 aromatic heterocycles. The molecular weight excluding hydrogens is 689 g/mol. The molecule has 0 bridgehead atoms. The molecule has 15 heteroatoms. The Hall–Kier alpha value is -3.24. The molecule has 0 aliphatic carbocycles. The van der Waals surface area contributed by atoms with Gasteiger partial charge in [-0.15, -0.1) is 0 Å². The maximum absolute atomic E-state index is 14.0. The molecule has 1 fully saturated rings. The van der Waals surface area contributed by atoms with Gasteiger partial charge in [-0.2, -0.15) is 4.40 Å². The van der Waals surface area contributed by atoms with E-state index in [1.807, 2.05) is 45.8 Å². The Kier molecular flexibility index (Phi) is 19.1. The minimum Gasteiger partial charge on any atom is -0.497 e. The second kappa shape index (κ2) is 22.1. The highest BCUT2D eigenvalue weighted by atomic mass is 32.2. The molecular formula is C37H62N6O8S. The van der Waals surface area contributed by atoms with Crippen LogP contribution in [-0.4, -0.2) is 141 Å². The van der Waals surface area contributed by atoms with Gasteiger partial charge in [0.05, 0.1) is 68.1 Å². The zero-order chi connectivity index (χ0) is 39.1. The number of likely N-dealkylation sites (tertiary alicyclic amines) is 1. The molecule has 0 radical (unpaired) electrons. The van der Waals surface area contributed by atoms with Crippen molar-refractivity contribution in [2.24, 2.45) is 16.2 Å².